The monoisotopic (exact) mass is 335 g/mol. The summed E-state index contributed by atoms with van der Waals surface area (Å²) in [5.41, 5.74) is 0.511. The molecule has 0 heterocycles. The Hall–Kier alpha value is -2.37. The molecule has 0 aliphatic rings. The molecule has 1 aromatic rings. The second-order valence-corrected chi connectivity index (χ2v) is 6.17. The lowest BCUT2D eigenvalue weighted by Crippen LogP contribution is -2.43. The average molecular weight is 335 g/mol. The maximum Gasteiger partial charge on any atom is 0.305 e. The molecule has 0 aromatic heterocycles. The molecular weight excluding hydrogens is 310 g/mol. The van der Waals surface area contributed by atoms with E-state index in [0.29, 0.717) is 17.9 Å². The minimum atomic E-state index is -0.945. The molecule has 132 valence electrons. The van der Waals surface area contributed by atoms with Gasteiger partial charge in [0.15, 0.2) is 11.9 Å². The van der Waals surface area contributed by atoms with Crippen molar-refractivity contribution in [3.8, 4) is 5.75 Å². The van der Waals surface area contributed by atoms with Crippen molar-refractivity contribution in [1.82, 2.24) is 4.90 Å². The van der Waals surface area contributed by atoms with Crippen LogP contribution in [0.2, 0.25) is 0 Å². The van der Waals surface area contributed by atoms with Crippen LogP contribution >= 0.6 is 0 Å². The molecule has 0 saturated carbocycles. The van der Waals surface area contributed by atoms with Gasteiger partial charge in [0.1, 0.15) is 5.75 Å². The Morgan fingerprint density at radius 3 is 2.42 bits per heavy atom. The molecule has 1 N–H and O–H groups in total. The molecular formula is C18H25NO5. The van der Waals surface area contributed by atoms with Crippen LogP contribution in [0.4, 0.5) is 0 Å². The summed E-state index contributed by atoms with van der Waals surface area (Å²) in [5.74, 6) is -0.637. The van der Waals surface area contributed by atoms with E-state index in [1.54, 1.807) is 31.2 Å². The normalized spacial score (nSPS) is 11.9. The zero-order chi connectivity index (χ0) is 18.3. The number of hydrogen-bond acceptors (Lipinski definition) is 4. The SMILES string of the molecule is CC(=O)c1cccc(OC(C)C(=O)N(CCC(=O)O)CC(C)C)c1. The first-order valence-corrected chi connectivity index (χ1v) is 7.99. The summed E-state index contributed by atoms with van der Waals surface area (Å²) >= 11 is 0. The second kappa shape index (κ2) is 9.05. The minimum absolute atomic E-state index is 0.0812. The van der Waals surface area contributed by atoms with Gasteiger partial charge in [0, 0.05) is 18.7 Å². The van der Waals surface area contributed by atoms with Crippen molar-refractivity contribution >= 4 is 17.7 Å². The number of carbonyl (C=O) groups is 3. The van der Waals surface area contributed by atoms with Crippen molar-refractivity contribution in [3.05, 3.63) is 29.8 Å². The van der Waals surface area contributed by atoms with Gasteiger partial charge in [-0.3, -0.25) is 14.4 Å². The van der Waals surface area contributed by atoms with E-state index in [1.807, 2.05) is 13.8 Å². The number of carboxylic acids is 1. The Morgan fingerprint density at radius 2 is 1.88 bits per heavy atom. The minimum Gasteiger partial charge on any atom is -0.481 e. The molecule has 1 rings (SSSR count). The zero-order valence-electron chi connectivity index (χ0n) is 14.6. The van der Waals surface area contributed by atoms with E-state index in [4.69, 9.17) is 9.84 Å². The van der Waals surface area contributed by atoms with Crippen molar-refractivity contribution in [2.24, 2.45) is 5.92 Å². The van der Waals surface area contributed by atoms with Gasteiger partial charge in [-0.1, -0.05) is 26.0 Å². The third kappa shape index (κ3) is 6.40. The molecule has 24 heavy (non-hydrogen) atoms. The quantitative estimate of drug-likeness (QED) is 0.701. The Labute approximate surface area is 142 Å². The predicted octanol–water partition coefficient (Wildman–Crippen LogP) is 2.62. The number of ether oxygens (including phenoxy) is 1. The smallest absolute Gasteiger partial charge is 0.305 e. The van der Waals surface area contributed by atoms with E-state index in [2.05, 4.69) is 0 Å². The summed E-state index contributed by atoms with van der Waals surface area (Å²) in [6.07, 6.45) is -0.870. The van der Waals surface area contributed by atoms with E-state index in [0.717, 1.165) is 0 Å². The van der Waals surface area contributed by atoms with E-state index in [9.17, 15) is 14.4 Å². The summed E-state index contributed by atoms with van der Waals surface area (Å²) in [7, 11) is 0. The number of nitrogens with zero attached hydrogens (tertiary/aromatic N) is 1. The number of amides is 1. The van der Waals surface area contributed by atoms with E-state index in [-0.39, 0.29) is 30.6 Å². The highest BCUT2D eigenvalue weighted by atomic mass is 16.5. The molecule has 0 fully saturated rings. The summed E-state index contributed by atoms with van der Waals surface area (Å²) in [6, 6.07) is 6.65. The Kier molecular flexibility index (Phi) is 7.42. The fourth-order valence-corrected chi connectivity index (χ4v) is 2.26. The molecule has 0 aliphatic heterocycles. The number of aliphatic carboxylic acids is 1. The number of carboxylic acid groups (broad SMARTS) is 1. The van der Waals surface area contributed by atoms with Crippen molar-refractivity contribution in [3.63, 3.8) is 0 Å². The summed E-state index contributed by atoms with van der Waals surface area (Å²) in [4.78, 5) is 36.3. The van der Waals surface area contributed by atoms with Gasteiger partial charge >= 0.3 is 5.97 Å². The molecule has 0 bridgehead atoms. The molecule has 0 spiro atoms. The predicted molar refractivity (Wildman–Crippen MR) is 90.2 cm³/mol. The van der Waals surface area contributed by atoms with Crippen LogP contribution in [0, 0.1) is 5.92 Å². The van der Waals surface area contributed by atoms with Gasteiger partial charge in [-0.2, -0.15) is 0 Å². The van der Waals surface area contributed by atoms with Crippen LogP contribution < -0.4 is 4.74 Å². The van der Waals surface area contributed by atoms with Crippen LogP contribution in [0.15, 0.2) is 24.3 Å². The first-order chi connectivity index (χ1) is 11.2. The van der Waals surface area contributed by atoms with Crippen molar-refractivity contribution in [2.45, 2.75) is 40.2 Å². The number of carbonyl (C=O) groups excluding carboxylic acids is 2. The molecule has 1 atom stereocenters. The summed E-state index contributed by atoms with van der Waals surface area (Å²) in [5, 5.41) is 8.83. The van der Waals surface area contributed by atoms with Gasteiger partial charge in [0.2, 0.25) is 0 Å². The van der Waals surface area contributed by atoms with Crippen molar-refractivity contribution < 1.29 is 24.2 Å². The third-order valence-electron chi connectivity index (χ3n) is 3.39. The van der Waals surface area contributed by atoms with E-state index in [1.165, 1.54) is 11.8 Å². The van der Waals surface area contributed by atoms with E-state index < -0.39 is 12.1 Å². The molecule has 0 aliphatic carbocycles. The fourth-order valence-electron chi connectivity index (χ4n) is 2.26. The molecule has 0 saturated heterocycles. The molecule has 6 nitrogen and oxygen atoms in total. The number of hydrogen-bond donors (Lipinski definition) is 1. The molecule has 1 aromatic carbocycles. The molecule has 1 unspecified atom stereocenters. The highest BCUT2D eigenvalue weighted by Crippen LogP contribution is 2.16. The second-order valence-electron chi connectivity index (χ2n) is 6.17. The van der Waals surface area contributed by atoms with Gasteiger partial charge in [-0.25, -0.2) is 0 Å². The number of rotatable bonds is 9. The summed E-state index contributed by atoms with van der Waals surface area (Å²) in [6.45, 7) is 7.62. The largest absolute Gasteiger partial charge is 0.481 e. The highest BCUT2D eigenvalue weighted by molar-refractivity contribution is 5.94. The van der Waals surface area contributed by atoms with Crippen LogP contribution in [-0.2, 0) is 9.59 Å². The number of ketones is 1. The highest BCUT2D eigenvalue weighted by Gasteiger charge is 2.23. The lowest BCUT2D eigenvalue weighted by atomic mass is 10.1. The van der Waals surface area contributed by atoms with Crippen LogP contribution in [0.3, 0.4) is 0 Å². The third-order valence-corrected chi connectivity index (χ3v) is 3.39. The van der Waals surface area contributed by atoms with Gasteiger partial charge in [0.25, 0.3) is 5.91 Å². The molecule has 1 amide bonds. The van der Waals surface area contributed by atoms with Crippen LogP contribution in [-0.4, -0.2) is 46.9 Å². The van der Waals surface area contributed by atoms with E-state index >= 15 is 0 Å². The number of benzene rings is 1. The van der Waals surface area contributed by atoms with Gasteiger partial charge in [0.05, 0.1) is 6.42 Å². The van der Waals surface area contributed by atoms with Gasteiger partial charge in [-0.15, -0.1) is 0 Å². The van der Waals surface area contributed by atoms with Crippen LogP contribution in [0.1, 0.15) is 44.5 Å². The lowest BCUT2D eigenvalue weighted by Gasteiger charge is -2.27. The van der Waals surface area contributed by atoms with Crippen LogP contribution in [0.5, 0.6) is 5.75 Å². The van der Waals surface area contributed by atoms with Crippen LogP contribution in [0.25, 0.3) is 0 Å². The Bertz CT molecular complexity index is 597. The Balaban J connectivity index is 2.79. The van der Waals surface area contributed by atoms with Gasteiger partial charge in [-0.05, 0) is 31.9 Å². The maximum absolute atomic E-state index is 12.6. The van der Waals surface area contributed by atoms with Gasteiger partial charge < -0.3 is 14.7 Å². The summed E-state index contributed by atoms with van der Waals surface area (Å²) < 4.78 is 5.65. The maximum atomic E-state index is 12.6. The first-order valence-electron chi connectivity index (χ1n) is 7.99. The van der Waals surface area contributed by atoms with Crippen molar-refractivity contribution in [2.75, 3.05) is 13.1 Å². The lowest BCUT2D eigenvalue weighted by molar-refractivity contribution is -0.141. The number of Topliss-reactive ketones (excluding diaryl/α,β-unsaturated/α-hetero) is 1. The first kappa shape index (κ1) is 19.7. The average Bonchev–Trinajstić information content (AvgIpc) is 2.50. The Morgan fingerprint density at radius 1 is 1.21 bits per heavy atom. The standard InChI is InChI=1S/C18H25NO5/c1-12(2)11-19(9-8-17(21)22)18(23)14(4)24-16-7-5-6-15(10-16)13(3)20/h5-7,10,12,14H,8-9,11H2,1-4H3,(H,21,22). The molecule has 6 heteroatoms. The fraction of sp³-hybridized carbons (Fsp3) is 0.500. The zero-order valence-corrected chi connectivity index (χ0v) is 14.6. The topological polar surface area (TPSA) is 83.9 Å². The van der Waals surface area contributed by atoms with Crippen molar-refractivity contribution in [1.29, 1.82) is 0 Å². The molecule has 0 radical (unpaired) electrons.